The summed E-state index contributed by atoms with van der Waals surface area (Å²) in [6, 6.07) is 10.1. The second-order valence-corrected chi connectivity index (χ2v) is 3.63. The molecule has 0 saturated heterocycles. The maximum absolute atomic E-state index is 10.6. The third kappa shape index (κ3) is 3.95. The van der Waals surface area contributed by atoms with Gasteiger partial charge in [-0.15, -0.1) is 0 Å². The fourth-order valence-electron chi connectivity index (χ4n) is 1.69. The van der Waals surface area contributed by atoms with E-state index in [-0.39, 0.29) is 41.0 Å². The Hall–Kier alpha value is -0.350. The molecular formula is C11H13NaO3. The van der Waals surface area contributed by atoms with Gasteiger partial charge in [0.15, 0.2) is 0 Å². The topological polar surface area (TPSA) is 67.3 Å². The van der Waals surface area contributed by atoms with Gasteiger partial charge in [-0.2, -0.15) is 0 Å². The van der Waals surface area contributed by atoms with Crippen molar-refractivity contribution in [1.29, 1.82) is 0 Å². The molecule has 0 heterocycles. The second kappa shape index (κ2) is 6.28. The molecule has 0 radical (unpaired) electrons. The molecule has 2 rings (SSSR count). The summed E-state index contributed by atoms with van der Waals surface area (Å²) >= 11 is 0. The van der Waals surface area contributed by atoms with E-state index in [2.05, 4.69) is 12.1 Å². The van der Waals surface area contributed by atoms with Crippen LogP contribution in [0.5, 0.6) is 0 Å². The summed E-state index contributed by atoms with van der Waals surface area (Å²) in [6.45, 7) is 0. The molecule has 0 spiro atoms. The first kappa shape index (κ1) is 14.6. The van der Waals surface area contributed by atoms with Gasteiger partial charge in [-0.1, -0.05) is 30.3 Å². The molecule has 1 aliphatic rings. The number of carbonyl (C=O) groups is 1. The number of carboxylic acid groups (broad SMARTS) is 1. The van der Waals surface area contributed by atoms with Crippen molar-refractivity contribution >= 4 is 5.97 Å². The van der Waals surface area contributed by atoms with E-state index in [1.165, 1.54) is 5.56 Å². The fourth-order valence-corrected chi connectivity index (χ4v) is 1.69. The zero-order valence-electron chi connectivity index (χ0n) is 8.76. The average molecular weight is 216 g/mol. The van der Waals surface area contributed by atoms with E-state index in [0.29, 0.717) is 5.92 Å². The van der Waals surface area contributed by atoms with Gasteiger partial charge in [-0.05, 0) is 24.3 Å². The van der Waals surface area contributed by atoms with E-state index in [9.17, 15) is 4.79 Å². The van der Waals surface area contributed by atoms with Crippen molar-refractivity contribution in [2.24, 2.45) is 11.8 Å². The van der Waals surface area contributed by atoms with Crippen LogP contribution in [0.3, 0.4) is 0 Å². The Bertz CT molecular complexity index is 313. The molecule has 76 valence electrons. The van der Waals surface area contributed by atoms with Crippen molar-refractivity contribution < 1.29 is 44.9 Å². The van der Waals surface area contributed by atoms with Gasteiger partial charge in [-0.25, -0.2) is 0 Å². The van der Waals surface area contributed by atoms with Crippen LogP contribution in [0.1, 0.15) is 12.0 Å². The normalized spacial score (nSPS) is 22.1. The minimum Gasteiger partial charge on any atom is -0.870 e. The summed E-state index contributed by atoms with van der Waals surface area (Å²) in [6.07, 6.45) is 1.77. The third-order valence-corrected chi connectivity index (χ3v) is 2.58. The van der Waals surface area contributed by atoms with E-state index in [4.69, 9.17) is 5.11 Å². The van der Waals surface area contributed by atoms with Crippen molar-refractivity contribution in [2.75, 3.05) is 0 Å². The summed E-state index contributed by atoms with van der Waals surface area (Å²) in [5.74, 6) is -0.346. The van der Waals surface area contributed by atoms with Crippen LogP contribution >= 0.6 is 0 Å². The van der Waals surface area contributed by atoms with Crippen LogP contribution in [0.25, 0.3) is 0 Å². The summed E-state index contributed by atoms with van der Waals surface area (Å²) in [4.78, 5) is 10.6. The van der Waals surface area contributed by atoms with Gasteiger partial charge in [0.25, 0.3) is 0 Å². The van der Waals surface area contributed by atoms with Crippen LogP contribution in [-0.4, -0.2) is 16.6 Å². The van der Waals surface area contributed by atoms with Gasteiger partial charge < -0.3 is 10.6 Å². The number of carboxylic acids is 1. The summed E-state index contributed by atoms with van der Waals surface area (Å²) < 4.78 is 0. The quantitative estimate of drug-likeness (QED) is 0.644. The van der Waals surface area contributed by atoms with Crippen LogP contribution < -0.4 is 29.6 Å². The number of rotatable bonds is 3. The maximum atomic E-state index is 10.6. The largest absolute Gasteiger partial charge is 1.00 e. The van der Waals surface area contributed by atoms with Gasteiger partial charge in [-0.3, -0.25) is 4.79 Å². The molecular weight excluding hydrogens is 203 g/mol. The van der Waals surface area contributed by atoms with E-state index in [1.807, 2.05) is 18.2 Å². The molecule has 2 atom stereocenters. The molecule has 1 saturated carbocycles. The number of hydrogen-bond donors (Lipinski definition) is 1. The second-order valence-electron chi connectivity index (χ2n) is 3.63. The van der Waals surface area contributed by atoms with E-state index in [1.54, 1.807) is 0 Å². The predicted octanol–water partition coefficient (Wildman–Crippen LogP) is -1.22. The fraction of sp³-hybridized carbons (Fsp3) is 0.364. The number of hydrogen-bond acceptors (Lipinski definition) is 2. The Morgan fingerprint density at radius 2 is 1.93 bits per heavy atom. The van der Waals surface area contributed by atoms with Crippen LogP contribution in [0.2, 0.25) is 0 Å². The van der Waals surface area contributed by atoms with Crippen molar-refractivity contribution in [3.05, 3.63) is 35.9 Å². The van der Waals surface area contributed by atoms with Gasteiger partial charge in [0, 0.05) is 0 Å². The summed E-state index contributed by atoms with van der Waals surface area (Å²) in [5.41, 5.74) is 1.25. The Labute approximate surface area is 111 Å². The standard InChI is InChI=1S/C11H12O2.Na.H2O/c12-11(13)10-7-9(10)6-8-4-2-1-3-5-8;;/h1-5,9-10H,6-7H2,(H,12,13);;1H2/q;+1;/p-1/t9-,10-;;/m1../s1. The van der Waals surface area contributed by atoms with E-state index >= 15 is 0 Å². The molecule has 0 aromatic heterocycles. The minimum absolute atomic E-state index is 0. The monoisotopic (exact) mass is 216 g/mol. The molecule has 1 aromatic carbocycles. The minimum atomic E-state index is -0.638. The van der Waals surface area contributed by atoms with Gasteiger partial charge in [0.2, 0.25) is 0 Å². The average Bonchev–Trinajstić information content (AvgIpc) is 2.86. The molecule has 15 heavy (non-hydrogen) atoms. The molecule has 1 aliphatic carbocycles. The first-order chi connectivity index (χ1) is 6.27. The van der Waals surface area contributed by atoms with Crippen molar-refractivity contribution in [3.8, 4) is 0 Å². The molecule has 0 aliphatic heterocycles. The Kier molecular flexibility index (Phi) is 6.13. The van der Waals surface area contributed by atoms with Crippen LogP contribution in [0.15, 0.2) is 30.3 Å². The molecule has 4 heteroatoms. The van der Waals surface area contributed by atoms with Gasteiger partial charge in [0.05, 0.1) is 5.92 Å². The van der Waals surface area contributed by atoms with Crippen LogP contribution in [0.4, 0.5) is 0 Å². The summed E-state index contributed by atoms with van der Waals surface area (Å²) in [7, 11) is 0. The molecule has 0 unspecified atom stereocenters. The smallest absolute Gasteiger partial charge is 0.870 e. The molecule has 1 aromatic rings. The molecule has 2 N–H and O–H groups in total. The Morgan fingerprint density at radius 3 is 2.40 bits per heavy atom. The SMILES string of the molecule is O=C(O)[C@@H]1C[C@H]1Cc1ccccc1.[Na+].[OH-]. The molecule has 0 amide bonds. The first-order valence-corrected chi connectivity index (χ1v) is 4.54. The van der Waals surface area contributed by atoms with Crippen LogP contribution in [0, 0.1) is 11.8 Å². The van der Waals surface area contributed by atoms with Crippen molar-refractivity contribution in [2.45, 2.75) is 12.8 Å². The number of aliphatic carboxylic acids is 1. The van der Waals surface area contributed by atoms with E-state index in [0.717, 1.165) is 12.8 Å². The zero-order chi connectivity index (χ0) is 9.26. The van der Waals surface area contributed by atoms with Gasteiger partial charge >= 0.3 is 35.5 Å². The Morgan fingerprint density at radius 1 is 1.33 bits per heavy atom. The third-order valence-electron chi connectivity index (χ3n) is 2.58. The first-order valence-electron chi connectivity index (χ1n) is 4.54. The molecule has 1 fully saturated rings. The molecule has 0 bridgehead atoms. The maximum Gasteiger partial charge on any atom is 1.00 e. The summed E-state index contributed by atoms with van der Waals surface area (Å²) in [5, 5.41) is 8.70. The van der Waals surface area contributed by atoms with Crippen LogP contribution in [-0.2, 0) is 11.2 Å². The molecule has 3 nitrogen and oxygen atoms in total. The number of benzene rings is 1. The predicted molar refractivity (Wildman–Crippen MR) is 51.3 cm³/mol. The van der Waals surface area contributed by atoms with E-state index < -0.39 is 5.97 Å². The van der Waals surface area contributed by atoms with Gasteiger partial charge in [0.1, 0.15) is 0 Å². The Balaban J connectivity index is 0.000000980. The zero-order valence-corrected chi connectivity index (χ0v) is 10.8. The van der Waals surface area contributed by atoms with Crippen molar-refractivity contribution in [1.82, 2.24) is 0 Å². The van der Waals surface area contributed by atoms with Crippen molar-refractivity contribution in [3.63, 3.8) is 0 Å².